The maximum atomic E-state index is 11.6. The van der Waals surface area contributed by atoms with Crippen LogP contribution in [0.2, 0.25) is 0 Å². The molecule has 0 aromatic carbocycles. The van der Waals surface area contributed by atoms with E-state index in [1.165, 1.54) is 19.5 Å². The number of ether oxygens (including phenoxy) is 2. The number of aryl methyl sites for hydroxylation is 1. The predicted octanol–water partition coefficient (Wildman–Crippen LogP) is 1.47. The molecule has 2 N–H and O–H groups in total. The minimum absolute atomic E-state index is 0.0233. The lowest BCUT2D eigenvalue weighted by Crippen LogP contribution is -2.34. The van der Waals surface area contributed by atoms with E-state index >= 15 is 0 Å². The van der Waals surface area contributed by atoms with Crippen LogP contribution in [0.4, 0.5) is 11.5 Å². The molecular weight excluding hydrogens is 370 g/mol. The van der Waals surface area contributed by atoms with Gasteiger partial charge in [-0.3, -0.25) is 0 Å². The van der Waals surface area contributed by atoms with Gasteiger partial charge in [0.05, 0.1) is 18.5 Å². The van der Waals surface area contributed by atoms with Crippen molar-refractivity contribution in [2.45, 2.75) is 30.9 Å². The lowest BCUT2D eigenvalue weighted by Gasteiger charge is -2.24. The molecule has 0 amide bonds. The average Bonchev–Trinajstić information content (AvgIpc) is 2.63. The fourth-order valence-electron chi connectivity index (χ4n) is 2.79. The Morgan fingerprint density at radius 2 is 1.96 bits per heavy atom. The maximum Gasteiger partial charge on any atom is 0.262 e. The van der Waals surface area contributed by atoms with Crippen molar-refractivity contribution in [1.29, 1.82) is 0 Å². The van der Waals surface area contributed by atoms with Gasteiger partial charge in [0.25, 0.3) is 5.88 Å². The van der Waals surface area contributed by atoms with E-state index in [-0.39, 0.29) is 11.1 Å². The monoisotopic (exact) mass is 393 g/mol. The fraction of sp³-hybridized carbons (Fsp3) is 0.471. The first-order valence-corrected chi connectivity index (χ1v) is 10.5. The van der Waals surface area contributed by atoms with Gasteiger partial charge >= 0.3 is 0 Å². The summed E-state index contributed by atoms with van der Waals surface area (Å²) in [5, 5.41) is 6.43. The molecule has 146 valence electrons. The molecule has 0 spiro atoms. The van der Waals surface area contributed by atoms with Crippen molar-refractivity contribution in [3.05, 3.63) is 24.2 Å². The molecule has 0 unspecified atom stereocenters. The molecule has 0 bridgehead atoms. The summed E-state index contributed by atoms with van der Waals surface area (Å²) in [7, 11) is -1.84. The Labute approximate surface area is 158 Å². The second kappa shape index (κ2) is 8.05. The summed E-state index contributed by atoms with van der Waals surface area (Å²) in [5.74, 6) is 1.19. The Bertz CT molecular complexity index is 914. The van der Waals surface area contributed by atoms with E-state index in [9.17, 15) is 8.42 Å². The van der Waals surface area contributed by atoms with Crippen LogP contribution < -0.4 is 20.1 Å². The summed E-state index contributed by atoms with van der Waals surface area (Å²) in [6.45, 7) is 3.53. The number of nitrogens with zero attached hydrogens (tertiary/aromatic N) is 3. The lowest BCUT2D eigenvalue weighted by atomic mass is 10.1. The third-order valence-electron chi connectivity index (χ3n) is 4.23. The second-order valence-electron chi connectivity index (χ2n) is 6.31. The van der Waals surface area contributed by atoms with E-state index in [4.69, 9.17) is 9.47 Å². The van der Waals surface area contributed by atoms with Crippen molar-refractivity contribution < 1.29 is 17.9 Å². The highest BCUT2D eigenvalue weighted by Crippen LogP contribution is 2.34. The molecule has 0 atom stereocenters. The van der Waals surface area contributed by atoms with E-state index in [1.807, 2.05) is 0 Å². The second-order valence-corrected chi connectivity index (χ2v) is 8.27. The molecule has 9 nitrogen and oxygen atoms in total. The zero-order valence-electron chi connectivity index (χ0n) is 15.5. The number of sulfone groups is 1. The number of anilines is 2. The number of rotatable bonds is 6. The average molecular weight is 393 g/mol. The van der Waals surface area contributed by atoms with E-state index in [2.05, 4.69) is 25.6 Å². The Morgan fingerprint density at radius 3 is 2.59 bits per heavy atom. The molecule has 2 aromatic rings. The number of aromatic nitrogens is 3. The lowest BCUT2D eigenvalue weighted by molar-refractivity contribution is 0.149. The molecule has 0 aliphatic carbocycles. The molecule has 0 saturated carbocycles. The summed E-state index contributed by atoms with van der Waals surface area (Å²) in [4.78, 5) is 12.6. The molecule has 3 rings (SSSR count). The Morgan fingerprint density at radius 1 is 1.22 bits per heavy atom. The van der Waals surface area contributed by atoms with Gasteiger partial charge in [0, 0.05) is 6.26 Å². The van der Waals surface area contributed by atoms with E-state index in [0.717, 1.165) is 32.2 Å². The largest absolute Gasteiger partial charge is 0.489 e. The highest BCUT2D eigenvalue weighted by Gasteiger charge is 2.21. The molecule has 2 aromatic heterocycles. The smallest absolute Gasteiger partial charge is 0.262 e. The molecule has 27 heavy (non-hydrogen) atoms. The van der Waals surface area contributed by atoms with Crippen molar-refractivity contribution in [3.63, 3.8) is 0 Å². The Balaban J connectivity index is 1.85. The summed E-state index contributed by atoms with van der Waals surface area (Å²) in [5.41, 5.74) is 1.15. The first-order chi connectivity index (χ1) is 12.9. The third kappa shape index (κ3) is 4.64. The van der Waals surface area contributed by atoms with Gasteiger partial charge in [0.15, 0.2) is 20.7 Å². The maximum absolute atomic E-state index is 11.6. The molecule has 1 aliphatic rings. The van der Waals surface area contributed by atoms with Crippen molar-refractivity contribution in [2.75, 3.05) is 31.8 Å². The number of hydrogen-bond donors (Lipinski definition) is 2. The standard InChI is InChI=1S/C17H23N5O4S/c1-11-13(4-5-14(21-11)27(3,23)24)22-16-15(25-2)17(20-10-19-16)26-12-6-8-18-9-7-12/h4-5,10,12,18H,6-9H2,1-3H3,(H,19,20,22). The van der Waals surface area contributed by atoms with Crippen LogP contribution in [0.3, 0.4) is 0 Å². The van der Waals surface area contributed by atoms with Crippen molar-refractivity contribution in [2.24, 2.45) is 0 Å². The first-order valence-electron chi connectivity index (χ1n) is 8.59. The topological polar surface area (TPSA) is 115 Å². The summed E-state index contributed by atoms with van der Waals surface area (Å²) >= 11 is 0. The van der Waals surface area contributed by atoms with Crippen LogP contribution in [0.5, 0.6) is 11.6 Å². The van der Waals surface area contributed by atoms with Crippen molar-refractivity contribution in [3.8, 4) is 11.6 Å². The van der Waals surface area contributed by atoms with Gasteiger partial charge in [-0.25, -0.2) is 18.4 Å². The van der Waals surface area contributed by atoms with Crippen molar-refractivity contribution in [1.82, 2.24) is 20.3 Å². The quantitative estimate of drug-likeness (QED) is 0.752. The van der Waals surface area contributed by atoms with Gasteiger partial charge < -0.3 is 20.1 Å². The molecule has 1 aliphatic heterocycles. The van der Waals surface area contributed by atoms with Crippen LogP contribution in [0.1, 0.15) is 18.5 Å². The van der Waals surface area contributed by atoms with E-state index in [0.29, 0.717) is 28.8 Å². The number of pyridine rings is 1. The van der Waals surface area contributed by atoms with Gasteiger partial charge in [-0.2, -0.15) is 4.98 Å². The summed E-state index contributed by atoms with van der Waals surface area (Å²) in [6.07, 6.45) is 4.38. The SMILES string of the molecule is COc1c(Nc2ccc(S(C)(=O)=O)nc2C)ncnc1OC1CCNCC1. The molecule has 0 radical (unpaired) electrons. The zero-order valence-corrected chi connectivity index (χ0v) is 16.3. The van der Waals surface area contributed by atoms with Crippen LogP contribution in [-0.4, -0.2) is 55.9 Å². The number of nitrogens with one attached hydrogen (secondary N) is 2. The minimum atomic E-state index is -3.37. The normalized spacial score (nSPS) is 15.4. The first kappa shape index (κ1) is 19.3. The zero-order chi connectivity index (χ0) is 19.4. The van der Waals surface area contributed by atoms with Crippen LogP contribution in [0.25, 0.3) is 0 Å². The Hall–Kier alpha value is -2.46. The number of methoxy groups -OCH3 is 1. The minimum Gasteiger partial charge on any atom is -0.489 e. The molecule has 10 heteroatoms. The summed E-state index contributed by atoms with van der Waals surface area (Å²) < 4.78 is 34.8. The van der Waals surface area contributed by atoms with E-state index in [1.54, 1.807) is 13.0 Å². The fourth-order valence-corrected chi connectivity index (χ4v) is 3.41. The van der Waals surface area contributed by atoms with Crippen LogP contribution in [-0.2, 0) is 9.84 Å². The molecular formula is C17H23N5O4S. The predicted molar refractivity (Wildman–Crippen MR) is 100 cm³/mol. The number of piperidine rings is 1. The molecule has 1 saturated heterocycles. The van der Waals surface area contributed by atoms with Gasteiger partial charge in [0.2, 0.25) is 5.75 Å². The molecule has 1 fully saturated rings. The van der Waals surface area contributed by atoms with Crippen LogP contribution in [0.15, 0.2) is 23.5 Å². The molecule has 3 heterocycles. The van der Waals surface area contributed by atoms with Gasteiger partial charge in [0.1, 0.15) is 12.4 Å². The van der Waals surface area contributed by atoms with Crippen molar-refractivity contribution >= 4 is 21.3 Å². The highest BCUT2D eigenvalue weighted by atomic mass is 32.2. The van der Waals surface area contributed by atoms with Crippen LogP contribution in [0, 0.1) is 6.92 Å². The summed E-state index contributed by atoms with van der Waals surface area (Å²) in [6, 6.07) is 3.10. The van der Waals surface area contributed by atoms with E-state index < -0.39 is 9.84 Å². The van der Waals surface area contributed by atoms with Gasteiger partial charge in [-0.15, -0.1) is 0 Å². The third-order valence-corrected chi connectivity index (χ3v) is 5.22. The van der Waals surface area contributed by atoms with Crippen LogP contribution >= 0.6 is 0 Å². The van der Waals surface area contributed by atoms with Gasteiger partial charge in [-0.05, 0) is 45.0 Å². The number of hydrogen-bond acceptors (Lipinski definition) is 9. The highest BCUT2D eigenvalue weighted by molar-refractivity contribution is 7.90. The van der Waals surface area contributed by atoms with Gasteiger partial charge in [-0.1, -0.05) is 0 Å². The Kier molecular flexibility index (Phi) is 5.76.